The lowest BCUT2D eigenvalue weighted by molar-refractivity contribution is 0.304. The number of rotatable bonds is 2. The zero-order valence-electron chi connectivity index (χ0n) is 5.37. The molecule has 0 aromatic carbocycles. The van der Waals surface area contributed by atoms with E-state index in [4.69, 9.17) is 5.73 Å². The normalized spacial score (nSPS) is 11.4. The molecule has 0 aliphatic rings. The summed E-state index contributed by atoms with van der Waals surface area (Å²) >= 11 is 0. The fraction of sp³-hybridized carbons (Fsp3) is 0.667. The van der Waals surface area contributed by atoms with Crippen LogP contribution >= 0.6 is 0 Å². The molecule has 48 valence electrons. The monoisotopic (exact) mass is 117 g/mol. The van der Waals surface area contributed by atoms with E-state index < -0.39 is 12.1 Å². The van der Waals surface area contributed by atoms with Crippen LogP contribution in [0.5, 0.6) is 0 Å². The maximum Gasteiger partial charge on any atom is 0.0999 e. The van der Waals surface area contributed by atoms with Crippen LogP contribution in [0.25, 0.3) is 0 Å². The third-order valence-corrected chi connectivity index (χ3v) is 1.20. The fourth-order valence-electron chi connectivity index (χ4n) is 0.0858. The first-order chi connectivity index (χ1) is 3.50. The van der Waals surface area contributed by atoms with Gasteiger partial charge in [0.25, 0.3) is 0 Å². The summed E-state index contributed by atoms with van der Waals surface area (Å²) in [6.07, 6.45) is 0. The van der Waals surface area contributed by atoms with Crippen molar-refractivity contribution in [3.63, 3.8) is 0 Å². The number of alkyl halides is 1. The largest absolute Gasteiger partial charge is 0.402 e. The van der Waals surface area contributed by atoms with Crippen LogP contribution in [0.3, 0.4) is 0 Å². The topological polar surface area (TPSA) is 26.0 Å². The molecule has 2 N–H and O–H groups in total. The Hall–Kier alpha value is -0.530. The SMILES string of the molecule is C=C(N)C(C)(C)CF. The number of hydrogen-bond donors (Lipinski definition) is 1. The van der Waals surface area contributed by atoms with Gasteiger partial charge in [-0.2, -0.15) is 0 Å². The summed E-state index contributed by atoms with van der Waals surface area (Å²) in [6, 6.07) is 0. The van der Waals surface area contributed by atoms with Crippen molar-refractivity contribution < 1.29 is 4.39 Å². The van der Waals surface area contributed by atoms with E-state index in [9.17, 15) is 4.39 Å². The van der Waals surface area contributed by atoms with E-state index in [1.807, 2.05) is 0 Å². The quantitative estimate of drug-likeness (QED) is 0.582. The van der Waals surface area contributed by atoms with Gasteiger partial charge in [-0.1, -0.05) is 20.4 Å². The molecule has 0 bridgehead atoms. The second-order valence-corrected chi connectivity index (χ2v) is 2.54. The van der Waals surface area contributed by atoms with Crippen molar-refractivity contribution in [3.8, 4) is 0 Å². The maximum absolute atomic E-state index is 11.9. The standard InChI is InChI=1S/C6H12FN/c1-5(8)6(2,3)4-7/h1,4,8H2,2-3H3. The van der Waals surface area contributed by atoms with Crippen LogP contribution in [0.1, 0.15) is 13.8 Å². The fourth-order valence-corrected chi connectivity index (χ4v) is 0.0858. The Bertz CT molecular complexity index is 96.7. The third kappa shape index (κ3) is 1.52. The van der Waals surface area contributed by atoms with Crippen molar-refractivity contribution >= 4 is 0 Å². The van der Waals surface area contributed by atoms with Gasteiger partial charge in [0.1, 0.15) is 0 Å². The van der Waals surface area contributed by atoms with Crippen molar-refractivity contribution in [2.75, 3.05) is 6.67 Å². The van der Waals surface area contributed by atoms with Crippen LogP contribution in [0.2, 0.25) is 0 Å². The second kappa shape index (κ2) is 2.16. The molecule has 0 aromatic rings. The van der Waals surface area contributed by atoms with Gasteiger partial charge < -0.3 is 5.73 Å². The molecule has 0 aromatic heterocycles. The maximum atomic E-state index is 11.9. The lowest BCUT2D eigenvalue weighted by Gasteiger charge is -2.18. The van der Waals surface area contributed by atoms with Crippen LogP contribution in [0, 0.1) is 5.41 Å². The summed E-state index contributed by atoms with van der Waals surface area (Å²) in [6.45, 7) is 6.43. The van der Waals surface area contributed by atoms with Gasteiger partial charge in [0.15, 0.2) is 0 Å². The molecule has 0 fully saturated rings. The smallest absolute Gasteiger partial charge is 0.0999 e. The third-order valence-electron chi connectivity index (χ3n) is 1.20. The molecule has 0 heterocycles. The van der Waals surface area contributed by atoms with Crippen LogP contribution in [0.15, 0.2) is 12.3 Å². The van der Waals surface area contributed by atoms with Crippen molar-refractivity contribution in [2.24, 2.45) is 11.1 Å². The molecule has 0 rings (SSSR count). The highest BCUT2D eigenvalue weighted by Crippen LogP contribution is 2.20. The van der Waals surface area contributed by atoms with Gasteiger partial charge in [-0.25, -0.2) is 0 Å². The van der Waals surface area contributed by atoms with E-state index >= 15 is 0 Å². The van der Waals surface area contributed by atoms with Crippen molar-refractivity contribution in [1.82, 2.24) is 0 Å². The van der Waals surface area contributed by atoms with Gasteiger partial charge in [-0.05, 0) is 0 Å². The molecule has 0 unspecified atom stereocenters. The highest BCUT2D eigenvalue weighted by Gasteiger charge is 2.18. The molecule has 8 heavy (non-hydrogen) atoms. The Morgan fingerprint density at radius 1 is 1.75 bits per heavy atom. The number of hydrogen-bond acceptors (Lipinski definition) is 1. The molecule has 1 nitrogen and oxygen atoms in total. The van der Waals surface area contributed by atoms with E-state index in [1.165, 1.54) is 0 Å². The molecular formula is C6H12FN. The molecular weight excluding hydrogens is 105 g/mol. The van der Waals surface area contributed by atoms with Crippen molar-refractivity contribution in [2.45, 2.75) is 13.8 Å². The van der Waals surface area contributed by atoms with E-state index in [-0.39, 0.29) is 0 Å². The van der Waals surface area contributed by atoms with Crippen molar-refractivity contribution in [1.29, 1.82) is 0 Å². The van der Waals surface area contributed by atoms with E-state index in [1.54, 1.807) is 13.8 Å². The first-order valence-electron chi connectivity index (χ1n) is 2.51. The first kappa shape index (κ1) is 7.47. The first-order valence-corrected chi connectivity index (χ1v) is 2.51. The Labute approximate surface area is 49.4 Å². The average molecular weight is 117 g/mol. The Kier molecular flexibility index (Phi) is 2.02. The molecule has 0 spiro atoms. The Balaban J connectivity index is 3.91. The van der Waals surface area contributed by atoms with E-state index in [2.05, 4.69) is 6.58 Å². The zero-order chi connectivity index (χ0) is 6.78. The summed E-state index contributed by atoms with van der Waals surface area (Å²) in [4.78, 5) is 0. The number of allylic oxidation sites excluding steroid dienone is 1. The lowest BCUT2D eigenvalue weighted by Crippen LogP contribution is -2.21. The molecule has 2 heteroatoms. The summed E-state index contributed by atoms with van der Waals surface area (Å²) in [7, 11) is 0. The van der Waals surface area contributed by atoms with Crippen LogP contribution in [-0.4, -0.2) is 6.67 Å². The predicted molar refractivity (Wildman–Crippen MR) is 33.1 cm³/mol. The van der Waals surface area contributed by atoms with Gasteiger partial charge in [0.2, 0.25) is 0 Å². The summed E-state index contributed by atoms with van der Waals surface area (Å²) < 4.78 is 11.9. The Morgan fingerprint density at radius 3 is 2.12 bits per heavy atom. The number of halogens is 1. The second-order valence-electron chi connectivity index (χ2n) is 2.54. The molecule has 0 saturated carbocycles. The van der Waals surface area contributed by atoms with Gasteiger partial charge in [0.05, 0.1) is 6.67 Å². The lowest BCUT2D eigenvalue weighted by atomic mass is 9.92. The molecule has 0 atom stereocenters. The minimum Gasteiger partial charge on any atom is -0.402 e. The van der Waals surface area contributed by atoms with Gasteiger partial charge in [-0.3, -0.25) is 4.39 Å². The molecule has 0 amide bonds. The minimum atomic E-state index is -0.542. The molecule has 0 aliphatic carbocycles. The van der Waals surface area contributed by atoms with Gasteiger partial charge in [0, 0.05) is 11.1 Å². The van der Waals surface area contributed by atoms with E-state index in [0.717, 1.165) is 0 Å². The molecule has 0 aliphatic heterocycles. The summed E-state index contributed by atoms with van der Waals surface area (Å²) in [5.41, 5.74) is 5.11. The van der Waals surface area contributed by atoms with Crippen LogP contribution in [-0.2, 0) is 0 Å². The van der Waals surface area contributed by atoms with Crippen LogP contribution < -0.4 is 5.73 Å². The Morgan fingerprint density at radius 2 is 2.12 bits per heavy atom. The van der Waals surface area contributed by atoms with Crippen LogP contribution in [0.4, 0.5) is 4.39 Å². The highest BCUT2D eigenvalue weighted by molar-refractivity contribution is 5.01. The minimum absolute atomic E-state index is 0.403. The molecule has 0 saturated heterocycles. The number of nitrogens with two attached hydrogens (primary N) is 1. The summed E-state index contributed by atoms with van der Waals surface area (Å²) in [5, 5.41) is 0. The van der Waals surface area contributed by atoms with Gasteiger partial charge in [-0.15, -0.1) is 0 Å². The van der Waals surface area contributed by atoms with E-state index in [0.29, 0.717) is 5.70 Å². The van der Waals surface area contributed by atoms with Gasteiger partial charge >= 0.3 is 0 Å². The molecule has 0 radical (unpaired) electrons. The predicted octanol–water partition coefficient (Wildman–Crippen LogP) is 1.45. The zero-order valence-corrected chi connectivity index (χ0v) is 5.37. The average Bonchev–Trinajstić information content (AvgIpc) is 1.67. The van der Waals surface area contributed by atoms with Crippen molar-refractivity contribution in [3.05, 3.63) is 12.3 Å². The highest BCUT2D eigenvalue weighted by atomic mass is 19.1. The summed E-state index contributed by atoms with van der Waals surface area (Å²) in [5.74, 6) is 0.